The maximum Gasteiger partial charge on any atom is 0.255 e. The fourth-order valence-electron chi connectivity index (χ4n) is 2.66. The van der Waals surface area contributed by atoms with Gasteiger partial charge in [-0.1, -0.05) is 29.3 Å². The van der Waals surface area contributed by atoms with Crippen LogP contribution in [0.15, 0.2) is 36.5 Å². The van der Waals surface area contributed by atoms with E-state index in [-0.39, 0.29) is 5.91 Å². The van der Waals surface area contributed by atoms with Gasteiger partial charge >= 0.3 is 0 Å². The SMILES string of the molecule is O=C(Nc1cc(Cl)cnc1N1CCCNCC1)c1cccc(Cl)c1. The van der Waals surface area contributed by atoms with E-state index in [9.17, 15) is 4.79 Å². The van der Waals surface area contributed by atoms with Crippen molar-refractivity contribution in [2.24, 2.45) is 0 Å². The number of carbonyl (C=O) groups excluding carboxylic acids is 1. The van der Waals surface area contributed by atoms with E-state index in [2.05, 4.69) is 20.5 Å². The van der Waals surface area contributed by atoms with Crippen LogP contribution in [0.2, 0.25) is 10.0 Å². The van der Waals surface area contributed by atoms with E-state index < -0.39 is 0 Å². The van der Waals surface area contributed by atoms with Crippen molar-refractivity contribution in [2.45, 2.75) is 6.42 Å². The molecule has 0 saturated carbocycles. The van der Waals surface area contributed by atoms with E-state index in [0.29, 0.717) is 21.3 Å². The summed E-state index contributed by atoms with van der Waals surface area (Å²) in [6, 6.07) is 8.55. The number of nitrogens with one attached hydrogen (secondary N) is 2. The molecule has 1 amide bonds. The van der Waals surface area contributed by atoms with Crippen molar-refractivity contribution < 1.29 is 4.79 Å². The first-order valence-corrected chi connectivity index (χ1v) is 8.57. The Bertz CT molecular complexity index is 730. The summed E-state index contributed by atoms with van der Waals surface area (Å²) in [7, 11) is 0. The van der Waals surface area contributed by atoms with Crippen LogP contribution in [0.4, 0.5) is 11.5 Å². The van der Waals surface area contributed by atoms with E-state index in [1.165, 1.54) is 0 Å². The van der Waals surface area contributed by atoms with Gasteiger partial charge in [0.1, 0.15) is 0 Å². The first kappa shape index (κ1) is 17.0. The zero-order valence-corrected chi connectivity index (χ0v) is 14.6. The summed E-state index contributed by atoms with van der Waals surface area (Å²) in [6.45, 7) is 3.57. The molecule has 3 rings (SSSR count). The monoisotopic (exact) mass is 364 g/mol. The van der Waals surface area contributed by atoms with Crippen LogP contribution >= 0.6 is 23.2 Å². The highest BCUT2D eigenvalue weighted by atomic mass is 35.5. The first-order chi connectivity index (χ1) is 11.6. The maximum absolute atomic E-state index is 12.5. The van der Waals surface area contributed by atoms with E-state index in [0.717, 1.165) is 38.4 Å². The summed E-state index contributed by atoms with van der Waals surface area (Å²) in [5, 5.41) is 7.26. The molecular formula is C17H18Cl2N4O. The Morgan fingerprint density at radius 1 is 1.17 bits per heavy atom. The van der Waals surface area contributed by atoms with Crippen molar-refractivity contribution in [1.82, 2.24) is 10.3 Å². The number of nitrogens with zero attached hydrogens (tertiary/aromatic N) is 2. The highest BCUT2D eigenvalue weighted by Gasteiger charge is 2.17. The van der Waals surface area contributed by atoms with Gasteiger partial charge in [-0.15, -0.1) is 0 Å². The summed E-state index contributed by atoms with van der Waals surface area (Å²) in [6.07, 6.45) is 2.62. The molecule has 0 unspecified atom stereocenters. The summed E-state index contributed by atoms with van der Waals surface area (Å²) < 4.78 is 0. The molecule has 0 atom stereocenters. The van der Waals surface area contributed by atoms with Crippen molar-refractivity contribution in [3.63, 3.8) is 0 Å². The van der Waals surface area contributed by atoms with Crippen LogP contribution in [0.5, 0.6) is 0 Å². The average Bonchev–Trinajstić information content (AvgIpc) is 2.84. The maximum atomic E-state index is 12.5. The molecule has 5 nitrogen and oxygen atoms in total. The third-order valence-corrected chi connectivity index (χ3v) is 4.25. The summed E-state index contributed by atoms with van der Waals surface area (Å²) in [5.74, 6) is 0.495. The van der Waals surface area contributed by atoms with Crippen molar-refractivity contribution in [3.8, 4) is 0 Å². The van der Waals surface area contributed by atoms with Gasteiger partial charge in [0, 0.05) is 36.4 Å². The normalized spacial score (nSPS) is 15.0. The molecule has 126 valence electrons. The van der Waals surface area contributed by atoms with Gasteiger partial charge in [0.25, 0.3) is 5.91 Å². The molecule has 2 aromatic rings. The van der Waals surface area contributed by atoms with Crippen LogP contribution in [-0.4, -0.2) is 37.1 Å². The first-order valence-electron chi connectivity index (χ1n) is 7.81. The lowest BCUT2D eigenvalue weighted by atomic mass is 10.2. The third-order valence-electron chi connectivity index (χ3n) is 3.81. The largest absolute Gasteiger partial charge is 0.354 e. The zero-order chi connectivity index (χ0) is 16.9. The van der Waals surface area contributed by atoms with Crippen LogP contribution in [0, 0.1) is 0 Å². The quantitative estimate of drug-likeness (QED) is 0.875. The Kier molecular flexibility index (Phi) is 5.56. The number of hydrogen-bond acceptors (Lipinski definition) is 4. The highest BCUT2D eigenvalue weighted by molar-refractivity contribution is 6.31. The lowest BCUT2D eigenvalue weighted by Gasteiger charge is -2.24. The van der Waals surface area contributed by atoms with Gasteiger partial charge in [0.2, 0.25) is 0 Å². The standard InChI is InChI=1S/C17H18Cl2N4O/c18-13-4-1-3-12(9-13)17(24)22-15-10-14(19)11-21-16(15)23-7-2-5-20-6-8-23/h1,3-4,9-11,20H,2,5-8H2,(H,22,24). The van der Waals surface area contributed by atoms with Gasteiger partial charge in [-0.2, -0.15) is 0 Å². The van der Waals surface area contributed by atoms with Crippen LogP contribution in [0.1, 0.15) is 16.8 Å². The number of anilines is 2. The number of rotatable bonds is 3. The molecule has 1 aromatic heterocycles. The van der Waals surface area contributed by atoms with Crippen molar-refractivity contribution in [1.29, 1.82) is 0 Å². The topological polar surface area (TPSA) is 57.3 Å². The van der Waals surface area contributed by atoms with Crippen LogP contribution < -0.4 is 15.5 Å². The predicted octanol–water partition coefficient (Wildman–Crippen LogP) is 3.44. The zero-order valence-electron chi connectivity index (χ0n) is 13.1. The molecule has 24 heavy (non-hydrogen) atoms. The number of aromatic nitrogens is 1. The molecule has 0 radical (unpaired) electrons. The Labute approximate surface area is 151 Å². The van der Waals surface area contributed by atoms with Gasteiger partial charge in [0.05, 0.1) is 10.7 Å². The Hall–Kier alpha value is -1.82. The average molecular weight is 365 g/mol. The van der Waals surface area contributed by atoms with Crippen LogP contribution in [0.25, 0.3) is 0 Å². The molecule has 0 spiro atoms. The van der Waals surface area contributed by atoms with Gasteiger partial charge in [-0.05, 0) is 37.2 Å². The van der Waals surface area contributed by atoms with E-state index in [1.54, 1.807) is 36.5 Å². The second kappa shape index (κ2) is 7.83. The Balaban J connectivity index is 1.86. The number of halogens is 2. The number of carbonyl (C=O) groups is 1. The van der Waals surface area contributed by atoms with Crippen LogP contribution in [-0.2, 0) is 0 Å². The third kappa shape index (κ3) is 4.17. The molecule has 2 N–H and O–H groups in total. The summed E-state index contributed by atoms with van der Waals surface area (Å²) in [4.78, 5) is 19.1. The molecule has 0 aliphatic carbocycles. The van der Waals surface area contributed by atoms with Gasteiger partial charge in [-0.3, -0.25) is 4.79 Å². The molecule has 1 saturated heterocycles. The molecular weight excluding hydrogens is 347 g/mol. The Morgan fingerprint density at radius 2 is 2.04 bits per heavy atom. The molecule has 1 aliphatic heterocycles. The van der Waals surface area contributed by atoms with E-state index in [4.69, 9.17) is 23.2 Å². The lowest BCUT2D eigenvalue weighted by molar-refractivity contribution is 0.102. The molecule has 0 bridgehead atoms. The van der Waals surface area contributed by atoms with Gasteiger partial charge in [-0.25, -0.2) is 4.98 Å². The minimum Gasteiger partial charge on any atom is -0.354 e. The smallest absolute Gasteiger partial charge is 0.255 e. The van der Waals surface area contributed by atoms with E-state index in [1.807, 2.05) is 0 Å². The fourth-order valence-corrected chi connectivity index (χ4v) is 3.01. The molecule has 2 heterocycles. The fraction of sp³-hybridized carbons (Fsp3) is 0.294. The lowest BCUT2D eigenvalue weighted by Crippen LogP contribution is -2.29. The molecule has 7 heteroatoms. The number of pyridine rings is 1. The van der Waals surface area contributed by atoms with Gasteiger partial charge < -0.3 is 15.5 Å². The van der Waals surface area contributed by atoms with Gasteiger partial charge in [0.15, 0.2) is 5.82 Å². The molecule has 1 fully saturated rings. The second-order valence-corrected chi connectivity index (χ2v) is 6.45. The summed E-state index contributed by atoms with van der Waals surface area (Å²) >= 11 is 12.0. The van der Waals surface area contributed by atoms with Crippen molar-refractivity contribution >= 4 is 40.6 Å². The van der Waals surface area contributed by atoms with Crippen molar-refractivity contribution in [3.05, 3.63) is 52.1 Å². The Morgan fingerprint density at radius 3 is 2.88 bits per heavy atom. The number of amides is 1. The number of hydrogen-bond donors (Lipinski definition) is 2. The molecule has 1 aromatic carbocycles. The van der Waals surface area contributed by atoms with Crippen LogP contribution in [0.3, 0.4) is 0 Å². The summed E-state index contributed by atoms with van der Waals surface area (Å²) in [5.41, 5.74) is 1.10. The number of benzene rings is 1. The minimum absolute atomic E-state index is 0.240. The second-order valence-electron chi connectivity index (χ2n) is 5.58. The van der Waals surface area contributed by atoms with E-state index >= 15 is 0 Å². The predicted molar refractivity (Wildman–Crippen MR) is 98.4 cm³/mol. The van der Waals surface area contributed by atoms with Crippen molar-refractivity contribution in [2.75, 3.05) is 36.4 Å². The highest BCUT2D eigenvalue weighted by Crippen LogP contribution is 2.27. The molecule has 1 aliphatic rings. The minimum atomic E-state index is -0.240.